The number of amides is 1. The first-order chi connectivity index (χ1) is 18.0. The van der Waals surface area contributed by atoms with Gasteiger partial charge in [0.15, 0.2) is 11.2 Å². The molecule has 4 nitrogen and oxygen atoms in total. The average molecular weight is 498 g/mol. The molecule has 0 aromatic heterocycles. The maximum Gasteiger partial charge on any atom is 0.247 e. The number of rotatable bonds is 9. The van der Waals surface area contributed by atoms with E-state index in [1.165, 1.54) is 41.3 Å². The van der Waals surface area contributed by atoms with Gasteiger partial charge in [-0.1, -0.05) is 54.6 Å². The van der Waals surface area contributed by atoms with Crippen molar-refractivity contribution in [2.75, 3.05) is 11.4 Å². The Balaban J connectivity index is 1.37. The van der Waals surface area contributed by atoms with Gasteiger partial charge < -0.3 is 9.64 Å². The molecule has 37 heavy (non-hydrogen) atoms. The molecule has 0 N–H and O–H groups in total. The fourth-order valence-corrected chi connectivity index (χ4v) is 4.63. The molecule has 0 bridgehead atoms. The Morgan fingerprint density at radius 3 is 2.03 bits per heavy atom. The van der Waals surface area contributed by atoms with Gasteiger partial charge in [0, 0.05) is 12.1 Å². The molecule has 1 fully saturated rings. The largest absolute Gasteiger partial charge is 0.489 e. The van der Waals surface area contributed by atoms with Crippen LogP contribution in [0.25, 0.3) is 0 Å². The van der Waals surface area contributed by atoms with Crippen LogP contribution in [0.4, 0.5) is 14.5 Å². The number of ether oxygens (including phenoxy) is 1. The molecule has 186 valence electrons. The number of nitrogens with zero attached hydrogens (tertiary/aromatic N) is 1. The first-order valence-electron chi connectivity index (χ1n) is 12.1. The molecule has 4 aromatic rings. The number of carbonyl (C=O) groups excluding carboxylic acids is 2. The lowest BCUT2D eigenvalue weighted by Crippen LogP contribution is -2.68. The van der Waals surface area contributed by atoms with Gasteiger partial charge in [0.1, 0.15) is 24.0 Å². The molecule has 1 heterocycles. The zero-order valence-electron chi connectivity index (χ0n) is 20.1. The third kappa shape index (κ3) is 5.00. The lowest BCUT2D eigenvalue weighted by atomic mass is 9.68. The summed E-state index contributed by atoms with van der Waals surface area (Å²) in [7, 11) is 0. The zero-order valence-corrected chi connectivity index (χ0v) is 20.1. The maximum atomic E-state index is 13.6. The first-order valence-corrected chi connectivity index (χ1v) is 12.1. The highest BCUT2D eigenvalue weighted by molar-refractivity contribution is 6.23. The third-order valence-electron chi connectivity index (χ3n) is 6.77. The fourth-order valence-electron chi connectivity index (χ4n) is 4.63. The summed E-state index contributed by atoms with van der Waals surface area (Å²) in [4.78, 5) is 28.7. The average Bonchev–Trinajstić information content (AvgIpc) is 2.93. The molecule has 0 unspecified atom stereocenters. The van der Waals surface area contributed by atoms with Gasteiger partial charge in [-0.2, -0.15) is 0 Å². The van der Waals surface area contributed by atoms with E-state index in [0.717, 1.165) is 11.1 Å². The van der Waals surface area contributed by atoms with Crippen molar-refractivity contribution in [1.82, 2.24) is 0 Å². The summed E-state index contributed by atoms with van der Waals surface area (Å²) in [5.41, 5.74) is 1.63. The molecule has 1 aliphatic heterocycles. The van der Waals surface area contributed by atoms with Gasteiger partial charge in [-0.3, -0.25) is 9.59 Å². The first kappa shape index (κ1) is 24.4. The monoisotopic (exact) mass is 497 g/mol. The highest BCUT2D eigenvalue weighted by atomic mass is 19.1. The second-order valence-corrected chi connectivity index (χ2v) is 9.12. The van der Waals surface area contributed by atoms with Crippen LogP contribution in [0.2, 0.25) is 0 Å². The van der Waals surface area contributed by atoms with E-state index in [2.05, 4.69) is 0 Å². The Labute approximate surface area is 214 Å². The van der Waals surface area contributed by atoms with Gasteiger partial charge in [0.05, 0.1) is 6.54 Å². The molecular weight excluding hydrogens is 472 g/mol. The minimum absolute atomic E-state index is 0.126. The van der Waals surface area contributed by atoms with Crippen LogP contribution in [0, 0.1) is 11.6 Å². The Hall–Kier alpha value is -4.32. The molecule has 1 saturated heterocycles. The van der Waals surface area contributed by atoms with E-state index in [4.69, 9.17) is 4.74 Å². The van der Waals surface area contributed by atoms with Crippen molar-refractivity contribution >= 4 is 17.4 Å². The summed E-state index contributed by atoms with van der Waals surface area (Å²) < 4.78 is 32.6. The summed E-state index contributed by atoms with van der Waals surface area (Å²) in [6.07, 6.45) is 0.518. The number of ketones is 1. The van der Waals surface area contributed by atoms with E-state index in [1.54, 1.807) is 36.4 Å². The Kier molecular flexibility index (Phi) is 6.82. The summed E-state index contributed by atoms with van der Waals surface area (Å²) in [6, 6.07) is 28.4. The summed E-state index contributed by atoms with van der Waals surface area (Å²) in [5, 5.41) is 0. The lowest BCUT2D eigenvalue weighted by Gasteiger charge is -2.48. The number of benzene rings is 4. The van der Waals surface area contributed by atoms with Crippen LogP contribution in [0.5, 0.6) is 5.75 Å². The number of halogens is 2. The number of carbonyl (C=O) groups is 2. The predicted octanol–water partition coefficient (Wildman–Crippen LogP) is 6.03. The molecule has 0 saturated carbocycles. The van der Waals surface area contributed by atoms with E-state index >= 15 is 0 Å². The SMILES string of the molecule is O=C(CCc1ccc(F)cc1)[C@@]1(c2ccc(OCc3ccccc3)cc2)CN(c2ccc(F)cc2)C1=O. The molecule has 6 heteroatoms. The van der Waals surface area contributed by atoms with E-state index in [0.29, 0.717) is 30.0 Å². The standard InChI is InChI=1S/C31H25F2NO3/c32-25-11-6-22(7-12-25)8-19-29(35)31(21-34(30(31)36)27-15-13-26(33)14-16-27)24-9-17-28(18-10-24)37-20-23-4-2-1-3-5-23/h1-7,9-18H,8,19-21H2/t31-/m0/s1. The fraction of sp³-hybridized carbons (Fsp3) is 0.161. The van der Waals surface area contributed by atoms with Crippen LogP contribution < -0.4 is 9.64 Å². The molecule has 4 aromatic carbocycles. The van der Waals surface area contributed by atoms with E-state index < -0.39 is 11.2 Å². The molecular formula is C31H25F2NO3. The van der Waals surface area contributed by atoms with E-state index in [1.807, 2.05) is 30.3 Å². The highest BCUT2D eigenvalue weighted by Crippen LogP contribution is 2.41. The predicted molar refractivity (Wildman–Crippen MR) is 137 cm³/mol. The number of Topliss-reactive ketones (excluding diaryl/α,β-unsaturated/α-hetero) is 1. The van der Waals surface area contributed by atoms with Crippen LogP contribution >= 0.6 is 0 Å². The number of hydrogen-bond acceptors (Lipinski definition) is 3. The Morgan fingerprint density at radius 2 is 1.41 bits per heavy atom. The number of hydrogen-bond donors (Lipinski definition) is 0. The highest BCUT2D eigenvalue weighted by Gasteiger charge is 2.58. The molecule has 0 radical (unpaired) electrons. The third-order valence-corrected chi connectivity index (χ3v) is 6.77. The van der Waals surface area contributed by atoms with Crippen molar-refractivity contribution in [1.29, 1.82) is 0 Å². The summed E-state index contributed by atoms with van der Waals surface area (Å²) in [6.45, 7) is 0.559. The Morgan fingerprint density at radius 1 is 0.784 bits per heavy atom. The van der Waals surface area contributed by atoms with Crippen LogP contribution in [-0.4, -0.2) is 18.2 Å². The Bertz CT molecular complexity index is 1390. The summed E-state index contributed by atoms with van der Waals surface area (Å²) in [5.74, 6) is -0.669. The molecule has 1 aliphatic rings. The van der Waals surface area contributed by atoms with Crippen molar-refractivity contribution in [3.8, 4) is 5.75 Å². The normalized spacial score (nSPS) is 16.8. The van der Waals surface area contributed by atoms with Gasteiger partial charge in [-0.15, -0.1) is 0 Å². The van der Waals surface area contributed by atoms with E-state index in [9.17, 15) is 18.4 Å². The van der Waals surface area contributed by atoms with Crippen LogP contribution in [0.1, 0.15) is 23.1 Å². The molecule has 0 spiro atoms. The van der Waals surface area contributed by atoms with Crippen molar-refractivity contribution < 1.29 is 23.1 Å². The van der Waals surface area contributed by atoms with E-state index in [-0.39, 0.29) is 30.5 Å². The quantitative estimate of drug-likeness (QED) is 0.210. The second-order valence-electron chi connectivity index (χ2n) is 9.12. The van der Waals surface area contributed by atoms with Crippen molar-refractivity contribution in [2.24, 2.45) is 0 Å². The minimum atomic E-state index is -1.34. The van der Waals surface area contributed by atoms with Crippen molar-refractivity contribution in [3.63, 3.8) is 0 Å². The van der Waals surface area contributed by atoms with Crippen molar-refractivity contribution in [2.45, 2.75) is 24.9 Å². The van der Waals surface area contributed by atoms with Gasteiger partial charge in [0.25, 0.3) is 0 Å². The van der Waals surface area contributed by atoms with Crippen LogP contribution in [0.15, 0.2) is 103 Å². The van der Waals surface area contributed by atoms with Gasteiger partial charge in [0.2, 0.25) is 5.91 Å². The summed E-state index contributed by atoms with van der Waals surface area (Å²) >= 11 is 0. The van der Waals surface area contributed by atoms with Crippen molar-refractivity contribution in [3.05, 3.63) is 131 Å². The van der Waals surface area contributed by atoms with Crippen LogP contribution in [-0.2, 0) is 28.0 Å². The maximum absolute atomic E-state index is 13.6. The lowest BCUT2D eigenvalue weighted by molar-refractivity contribution is -0.139. The second kappa shape index (κ2) is 10.3. The molecule has 1 atom stereocenters. The topological polar surface area (TPSA) is 46.6 Å². The molecule has 0 aliphatic carbocycles. The minimum Gasteiger partial charge on any atom is -0.489 e. The van der Waals surface area contributed by atoms with Gasteiger partial charge >= 0.3 is 0 Å². The molecule has 5 rings (SSSR count). The number of anilines is 1. The number of β-lactam (4-membered cyclic amide) rings is 1. The smallest absolute Gasteiger partial charge is 0.247 e. The van der Waals surface area contributed by atoms with Crippen LogP contribution in [0.3, 0.4) is 0 Å². The van der Waals surface area contributed by atoms with Gasteiger partial charge in [-0.25, -0.2) is 8.78 Å². The zero-order chi connectivity index (χ0) is 25.8. The molecule has 1 amide bonds. The van der Waals surface area contributed by atoms with Gasteiger partial charge in [-0.05, 0) is 71.6 Å². The number of aryl methyl sites for hydroxylation is 1.